The predicted octanol–water partition coefficient (Wildman–Crippen LogP) is 4.06. The van der Waals surface area contributed by atoms with Crippen LogP contribution in [0.1, 0.15) is 30.4 Å². The van der Waals surface area contributed by atoms with Crippen LogP contribution in [0.25, 0.3) is 0 Å². The van der Waals surface area contributed by atoms with Crippen LogP contribution in [0.3, 0.4) is 0 Å². The van der Waals surface area contributed by atoms with Crippen LogP contribution in [-0.4, -0.2) is 30.7 Å². The molecule has 0 aliphatic carbocycles. The van der Waals surface area contributed by atoms with Crippen molar-refractivity contribution in [1.82, 2.24) is 4.90 Å². The van der Waals surface area contributed by atoms with E-state index in [4.69, 9.17) is 9.47 Å². The molecule has 1 spiro atoms. The third-order valence-corrected chi connectivity index (χ3v) is 5.50. The summed E-state index contributed by atoms with van der Waals surface area (Å²) in [5.41, 5.74) is 2.68. The number of rotatable bonds is 3. The summed E-state index contributed by atoms with van der Waals surface area (Å²) < 4.78 is 11.9. The zero-order valence-electron chi connectivity index (χ0n) is 14.3. The number of likely N-dealkylation sites (tertiary alicyclic amines) is 1. The molecule has 24 heavy (non-hydrogen) atoms. The zero-order valence-corrected chi connectivity index (χ0v) is 14.3. The van der Waals surface area contributed by atoms with Crippen LogP contribution in [0.5, 0.6) is 11.5 Å². The van der Waals surface area contributed by atoms with E-state index in [9.17, 15) is 0 Å². The Hall–Kier alpha value is -2.00. The van der Waals surface area contributed by atoms with Crippen LogP contribution in [0.4, 0.5) is 0 Å². The van der Waals surface area contributed by atoms with E-state index < -0.39 is 0 Å². The van der Waals surface area contributed by atoms with E-state index >= 15 is 0 Å². The van der Waals surface area contributed by atoms with Gasteiger partial charge < -0.3 is 9.47 Å². The lowest BCUT2D eigenvalue weighted by Gasteiger charge is -2.44. The molecule has 2 aromatic carbocycles. The van der Waals surface area contributed by atoms with Crippen molar-refractivity contribution in [3.05, 3.63) is 59.7 Å². The molecule has 2 aromatic rings. The fourth-order valence-electron chi connectivity index (χ4n) is 4.00. The van der Waals surface area contributed by atoms with Crippen LogP contribution >= 0.6 is 0 Å². The molecule has 0 atom stereocenters. The van der Waals surface area contributed by atoms with Crippen molar-refractivity contribution in [2.45, 2.75) is 37.8 Å². The molecule has 0 N–H and O–H groups in total. The maximum Gasteiger partial charge on any atom is 0.123 e. The van der Waals surface area contributed by atoms with E-state index in [0.29, 0.717) is 0 Å². The summed E-state index contributed by atoms with van der Waals surface area (Å²) in [6.07, 6.45) is 4.50. The van der Waals surface area contributed by atoms with Gasteiger partial charge in [-0.05, 0) is 43.4 Å². The number of aryl methyl sites for hydroxylation is 1. The molecule has 3 nitrogen and oxygen atoms in total. The molecule has 126 valence electrons. The Morgan fingerprint density at radius 2 is 1.75 bits per heavy atom. The number of nitrogens with zero attached hydrogens (tertiary/aromatic N) is 1. The summed E-state index contributed by atoms with van der Waals surface area (Å²) in [4.78, 5) is 2.52. The van der Waals surface area contributed by atoms with Crippen LogP contribution < -0.4 is 9.47 Å². The number of methoxy groups -OCH3 is 1. The maximum absolute atomic E-state index is 6.45. The smallest absolute Gasteiger partial charge is 0.123 e. The summed E-state index contributed by atoms with van der Waals surface area (Å²) in [6.45, 7) is 3.12. The Morgan fingerprint density at radius 1 is 1.00 bits per heavy atom. The van der Waals surface area contributed by atoms with Gasteiger partial charge in [-0.2, -0.15) is 0 Å². The van der Waals surface area contributed by atoms with E-state index in [2.05, 4.69) is 41.3 Å². The Labute approximate surface area is 144 Å². The molecule has 1 saturated heterocycles. The number of hydrogen-bond donors (Lipinski definition) is 0. The number of para-hydroxylation sites is 2. The fourth-order valence-corrected chi connectivity index (χ4v) is 4.00. The largest absolute Gasteiger partial charge is 0.496 e. The third-order valence-electron chi connectivity index (χ3n) is 5.50. The van der Waals surface area contributed by atoms with E-state index in [1.165, 1.54) is 11.1 Å². The SMILES string of the molecule is COc1ccccc1CN1CCC2(CCc3ccccc3O2)CC1. The van der Waals surface area contributed by atoms with E-state index in [1.807, 2.05) is 12.1 Å². The second-order valence-electron chi connectivity index (χ2n) is 6.98. The van der Waals surface area contributed by atoms with E-state index in [0.717, 1.165) is 56.8 Å². The van der Waals surface area contributed by atoms with E-state index in [-0.39, 0.29) is 5.60 Å². The first-order valence-electron chi connectivity index (χ1n) is 8.89. The molecule has 0 unspecified atom stereocenters. The van der Waals surface area contributed by atoms with Gasteiger partial charge in [-0.25, -0.2) is 0 Å². The summed E-state index contributed by atoms with van der Waals surface area (Å²) in [5, 5.41) is 0. The minimum atomic E-state index is 0.0472. The Balaban J connectivity index is 1.41. The van der Waals surface area contributed by atoms with Crippen molar-refractivity contribution in [2.24, 2.45) is 0 Å². The van der Waals surface area contributed by atoms with Gasteiger partial charge in [0.05, 0.1) is 7.11 Å². The molecule has 0 radical (unpaired) electrons. The number of benzene rings is 2. The van der Waals surface area contributed by atoms with Crippen molar-refractivity contribution in [1.29, 1.82) is 0 Å². The molecule has 4 rings (SSSR count). The quantitative estimate of drug-likeness (QED) is 0.850. The minimum Gasteiger partial charge on any atom is -0.496 e. The predicted molar refractivity (Wildman–Crippen MR) is 95.6 cm³/mol. The topological polar surface area (TPSA) is 21.7 Å². The highest BCUT2D eigenvalue weighted by Crippen LogP contribution is 2.39. The summed E-state index contributed by atoms with van der Waals surface area (Å²) in [7, 11) is 1.75. The molecule has 2 aliphatic rings. The third kappa shape index (κ3) is 3.01. The van der Waals surface area contributed by atoms with Crippen LogP contribution in [-0.2, 0) is 13.0 Å². The van der Waals surface area contributed by atoms with Gasteiger partial charge in [0.25, 0.3) is 0 Å². The Bertz CT molecular complexity index is 704. The molecule has 0 amide bonds. The molecule has 0 saturated carbocycles. The highest BCUT2D eigenvalue weighted by Gasteiger charge is 2.39. The average Bonchev–Trinajstić information content (AvgIpc) is 2.64. The first-order valence-corrected chi connectivity index (χ1v) is 8.89. The van der Waals surface area contributed by atoms with Gasteiger partial charge in [-0.3, -0.25) is 4.90 Å². The summed E-state index contributed by atoms with van der Waals surface area (Å²) in [5.74, 6) is 2.09. The average molecular weight is 323 g/mol. The minimum absolute atomic E-state index is 0.0472. The lowest BCUT2D eigenvalue weighted by atomic mass is 9.83. The van der Waals surface area contributed by atoms with Gasteiger partial charge in [0.15, 0.2) is 0 Å². The molecule has 1 fully saturated rings. The molecule has 2 aliphatic heterocycles. The first kappa shape index (κ1) is 15.5. The molecule has 0 bridgehead atoms. The van der Waals surface area contributed by atoms with Crippen LogP contribution in [0, 0.1) is 0 Å². The van der Waals surface area contributed by atoms with Gasteiger partial charge in [0.1, 0.15) is 17.1 Å². The molecule has 0 aromatic heterocycles. The number of ether oxygens (including phenoxy) is 2. The van der Waals surface area contributed by atoms with Crippen molar-refractivity contribution in [2.75, 3.05) is 20.2 Å². The van der Waals surface area contributed by atoms with Gasteiger partial charge in [-0.1, -0.05) is 36.4 Å². The summed E-state index contributed by atoms with van der Waals surface area (Å²) in [6, 6.07) is 16.8. The first-order chi connectivity index (χ1) is 11.8. The van der Waals surface area contributed by atoms with Crippen LogP contribution in [0.15, 0.2) is 48.5 Å². The summed E-state index contributed by atoms with van der Waals surface area (Å²) >= 11 is 0. The van der Waals surface area contributed by atoms with E-state index in [1.54, 1.807) is 7.11 Å². The van der Waals surface area contributed by atoms with Crippen molar-refractivity contribution < 1.29 is 9.47 Å². The molecular formula is C21H25NO2. The number of hydrogen-bond acceptors (Lipinski definition) is 3. The second kappa shape index (κ2) is 6.48. The number of piperidine rings is 1. The van der Waals surface area contributed by atoms with Crippen molar-refractivity contribution in [3.8, 4) is 11.5 Å². The second-order valence-corrected chi connectivity index (χ2v) is 6.98. The lowest BCUT2D eigenvalue weighted by Crippen LogP contribution is -2.49. The lowest BCUT2D eigenvalue weighted by molar-refractivity contribution is -0.0164. The fraction of sp³-hybridized carbons (Fsp3) is 0.429. The standard InChI is InChI=1S/C21H25NO2/c1-23-19-8-4-3-7-18(19)16-22-14-12-21(13-15-22)11-10-17-6-2-5-9-20(17)24-21/h2-9H,10-16H2,1H3. The Morgan fingerprint density at radius 3 is 2.58 bits per heavy atom. The monoisotopic (exact) mass is 323 g/mol. The highest BCUT2D eigenvalue weighted by atomic mass is 16.5. The van der Waals surface area contributed by atoms with Gasteiger partial charge >= 0.3 is 0 Å². The zero-order chi connectivity index (χ0) is 16.4. The van der Waals surface area contributed by atoms with Crippen LogP contribution in [0.2, 0.25) is 0 Å². The van der Waals surface area contributed by atoms with Gasteiger partial charge in [-0.15, -0.1) is 0 Å². The molecular weight excluding hydrogens is 298 g/mol. The van der Waals surface area contributed by atoms with Crippen molar-refractivity contribution in [3.63, 3.8) is 0 Å². The van der Waals surface area contributed by atoms with Crippen molar-refractivity contribution >= 4 is 0 Å². The molecule has 2 heterocycles. The number of fused-ring (bicyclic) bond motifs is 1. The highest BCUT2D eigenvalue weighted by molar-refractivity contribution is 5.36. The molecule has 3 heteroatoms. The maximum atomic E-state index is 6.45. The normalized spacial score (nSPS) is 19.5. The van der Waals surface area contributed by atoms with Gasteiger partial charge in [0, 0.05) is 25.2 Å². The Kier molecular flexibility index (Phi) is 4.19. The van der Waals surface area contributed by atoms with Gasteiger partial charge in [0.2, 0.25) is 0 Å².